The lowest BCUT2D eigenvalue weighted by Gasteiger charge is -2.32. The molecule has 0 N–H and O–H groups in total. The van der Waals surface area contributed by atoms with Crippen LogP contribution in [0, 0.1) is 19.8 Å². The molecule has 1 fully saturated rings. The van der Waals surface area contributed by atoms with Crippen LogP contribution in [0.15, 0.2) is 18.2 Å². The van der Waals surface area contributed by atoms with Crippen molar-refractivity contribution >= 4 is 18.0 Å². The van der Waals surface area contributed by atoms with Crippen molar-refractivity contribution in [2.45, 2.75) is 59.6 Å². The number of carbonyl (C=O) groups is 3. The van der Waals surface area contributed by atoms with E-state index in [2.05, 4.69) is 6.07 Å². The Hall–Kier alpha value is -2.57. The summed E-state index contributed by atoms with van der Waals surface area (Å²) in [5.74, 6) is -0.928. The average molecular weight is 419 g/mol. The van der Waals surface area contributed by atoms with Gasteiger partial charge in [0.2, 0.25) is 0 Å². The van der Waals surface area contributed by atoms with Gasteiger partial charge in [-0.2, -0.15) is 0 Å². The molecule has 0 spiro atoms. The van der Waals surface area contributed by atoms with E-state index in [1.165, 1.54) is 5.56 Å². The van der Waals surface area contributed by atoms with E-state index >= 15 is 0 Å². The van der Waals surface area contributed by atoms with Crippen LogP contribution in [0.4, 0.5) is 4.79 Å². The van der Waals surface area contributed by atoms with E-state index in [4.69, 9.17) is 9.47 Å². The van der Waals surface area contributed by atoms with Crippen molar-refractivity contribution in [3.63, 3.8) is 0 Å². The molecule has 7 nitrogen and oxygen atoms in total. The highest BCUT2D eigenvalue weighted by atomic mass is 16.6. The Kier molecular flexibility index (Phi) is 7.87. The molecule has 0 unspecified atom stereocenters. The van der Waals surface area contributed by atoms with Crippen LogP contribution in [0.5, 0.6) is 0 Å². The predicted octanol–water partition coefficient (Wildman–Crippen LogP) is 3.45. The van der Waals surface area contributed by atoms with Gasteiger partial charge in [0.05, 0.1) is 5.92 Å². The summed E-state index contributed by atoms with van der Waals surface area (Å²) in [5, 5.41) is 0. The smallest absolute Gasteiger partial charge is 0.410 e. The minimum atomic E-state index is -0.545. The normalized spacial score (nSPS) is 14.9. The highest BCUT2D eigenvalue weighted by molar-refractivity contribution is 5.81. The Bertz CT molecular complexity index is 776. The third-order valence-corrected chi connectivity index (χ3v) is 5.15. The fraction of sp³-hybridized carbons (Fsp3) is 0.609. The van der Waals surface area contributed by atoms with E-state index in [-0.39, 0.29) is 30.5 Å². The lowest BCUT2D eigenvalue weighted by atomic mass is 9.97. The second-order valence-electron chi connectivity index (χ2n) is 9.03. The number of piperidine rings is 1. The quantitative estimate of drug-likeness (QED) is 0.685. The van der Waals surface area contributed by atoms with Crippen LogP contribution in [-0.2, 0) is 25.6 Å². The van der Waals surface area contributed by atoms with Crippen LogP contribution in [0.3, 0.4) is 0 Å². The van der Waals surface area contributed by atoms with E-state index in [0.29, 0.717) is 32.5 Å². The lowest BCUT2D eigenvalue weighted by Crippen LogP contribution is -2.43. The van der Waals surface area contributed by atoms with Gasteiger partial charge in [-0.3, -0.25) is 9.59 Å². The van der Waals surface area contributed by atoms with Crippen LogP contribution in [0.1, 0.15) is 50.3 Å². The summed E-state index contributed by atoms with van der Waals surface area (Å²) < 4.78 is 10.6. The summed E-state index contributed by atoms with van der Waals surface area (Å²) in [6, 6.07) is 6.11. The molecule has 7 heteroatoms. The molecule has 1 saturated heterocycles. The maximum Gasteiger partial charge on any atom is 0.410 e. The van der Waals surface area contributed by atoms with Crippen LogP contribution < -0.4 is 0 Å². The number of esters is 1. The van der Waals surface area contributed by atoms with Gasteiger partial charge in [-0.25, -0.2) is 4.79 Å². The highest BCUT2D eigenvalue weighted by Crippen LogP contribution is 2.21. The number of rotatable bonds is 5. The van der Waals surface area contributed by atoms with Gasteiger partial charge < -0.3 is 19.3 Å². The highest BCUT2D eigenvalue weighted by Gasteiger charge is 2.31. The summed E-state index contributed by atoms with van der Waals surface area (Å²) in [6.45, 7) is 10.6. The van der Waals surface area contributed by atoms with Crippen molar-refractivity contribution in [1.82, 2.24) is 9.80 Å². The zero-order valence-electron chi connectivity index (χ0n) is 19.0. The first kappa shape index (κ1) is 23.7. The van der Waals surface area contributed by atoms with Crippen molar-refractivity contribution in [2.75, 3.05) is 26.7 Å². The van der Waals surface area contributed by atoms with Crippen molar-refractivity contribution in [3.8, 4) is 0 Å². The molecule has 2 amide bonds. The maximum atomic E-state index is 12.4. The molecular formula is C23H34N2O5. The Morgan fingerprint density at radius 2 is 1.77 bits per heavy atom. The zero-order chi connectivity index (χ0) is 22.5. The average Bonchev–Trinajstić information content (AvgIpc) is 2.66. The van der Waals surface area contributed by atoms with Crippen LogP contribution in [0.2, 0.25) is 0 Å². The van der Waals surface area contributed by atoms with Gasteiger partial charge in [0.25, 0.3) is 5.91 Å². The lowest BCUT2D eigenvalue weighted by molar-refractivity contribution is -0.156. The fourth-order valence-electron chi connectivity index (χ4n) is 3.35. The Morgan fingerprint density at radius 1 is 1.13 bits per heavy atom. The van der Waals surface area contributed by atoms with Gasteiger partial charge in [-0.1, -0.05) is 23.8 Å². The van der Waals surface area contributed by atoms with Crippen molar-refractivity contribution < 1.29 is 23.9 Å². The number of nitrogens with zero attached hydrogens (tertiary/aromatic N) is 2. The van der Waals surface area contributed by atoms with E-state index in [9.17, 15) is 14.4 Å². The van der Waals surface area contributed by atoms with E-state index in [1.54, 1.807) is 16.8 Å². The van der Waals surface area contributed by atoms with E-state index < -0.39 is 5.60 Å². The molecule has 0 saturated carbocycles. The Balaban J connectivity index is 1.76. The number of likely N-dealkylation sites (N-methyl/N-ethyl adjacent to an activating group) is 1. The minimum Gasteiger partial charge on any atom is -0.455 e. The molecule has 0 radical (unpaired) electrons. The molecule has 30 heavy (non-hydrogen) atoms. The van der Waals surface area contributed by atoms with Crippen LogP contribution >= 0.6 is 0 Å². The Labute approximate surface area is 179 Å². The summed E-state index contributed by atoms with van der Waals surface area (Å²) in [7, 11) is 1.70. The number of ether oxygens (including phenoxy) is 2. The number of likely N-dealkylation sites (tertiary alicyclic amines) is 1. The summed E-state index contributed by atoms with van der Waals surface area (Å²) in [5.41, 5.74) is 2.83. The first-order valence-electron chi connectivity index (χ1n) is 10.4. The first-order valence-corrected chi connectivity index (χ1v) is 10.4. The minimum absolute atomic E-state index is 0.241. The van der Waals surface area contributed by atoms with Gasteiger partial charge >= 0.3 is 12.1 Å². The fourth-order valence-corrected chi connectivity index (χ4v) is 3.35. The van der Waals surface area contributed by atoms with Crippen molar-refractivity contribution in [3.05, 3.63) is 34.9 Å². The molecule has 2 rings (SSSR count). The Morgan fingerprint density at radius 3 is 2.33 bits per heavy atom. The number of carbonyl (C=O) groups excluding carboxylic acids is 3. The topological polar surface area (TPSA) is 76.2 Å². The number of hydrogen-bond acceptors (Lipinski definition) is 5. The van der Waals surface area contributed by atoms with Gasteiger partial charge in [-0.15, -0.1) is 0 Å². The number of aryl methyl sites for hydroxylation is 2. The summed E-state index contributed by atoms with van der Waals surface area (Å²) >= 11 is 0. The SMILES string of the molecule is Cc1ccc(CN(C)C(=O)COC(=O)C2CCN(C(=O)OC(C)(C)C)CC2)c(C)c1. The standard InChI is InChI=1S/C23H34N2O5/c1-16-7-8-19(17(2)13-16)14-24(6)20(26)15-29-21(27)18-9-11-25(12-10-18)22(28)30-23(3,4)5/h7-8,13,18H,9-12,14-15H2,1-6H3. The molecule has 1 aromatic rings. The molecule has 0 aliphatic carbocycles. The largest absolute Gasteiger partial charge is 0.455 e. The second kappa shape index (κ2) is 9.96. The third kappa shape index (κ3) is 7.04. The third-order valence-electron chi connectivity index (χ3n) is 5.15. The first-order chi connectivity index (χ1) is 14.0. The van der Waals surface area contributed by atoms with Crippen molar-refractivity contribution in [1.29, 1.82) is 0 Å². The van der Waals surface area contributed by atoms with Gasteiger partial charge in [0, 0.05) is 26.7 Å². The summed E-state index contributed by atoms with van der Waals surface area (Å²) in [4.78, 5) is 40.0. The van der Waals surface area contributed by atoms with Crippen molar-refractivity contribution in [2.24, 2.45) is 5.92 Å². The zero-order valence-corrected chi connectivity index (χ0v) is 19.0. The van der Waals surface area contributed by atoms with Gasteiger partial charge in [-0.05, 0) is 58.6 Å². The van der Waals surface area contributed by atoms with Gasteiger partial charge in [0.15, 0.2) is 6.61 Å². The molecular weight excluding hydrogens is 384 g/mol. The van der Waals surface area contributed by atoms with E-state index in [0.717, 1.165) is 11.1 Å². The molecule has 1 aliphatic heterocycles. The predicted molar refractivity (Wildman–Crippen MR) is 114 cm³/mol. The number of benzene rings is 1. The monoisotopic (exact) mass is 418 g/mol. The number of amides is 2. The molecule has 1 aliphatic rings. The number of hydrogen-bond donors (Lipinski definition) is 0. The molecule has 166 valence electrons. The van der Waals surface area contributed by atoms with Crippen LogP contribution in [-0.4, -0.2) is 60.1 Å². The van der Waals surface area contributed by atoms with E-state index in [1.807, 2.05) is 46.8 Å². The second-order valence-corrected chi connectivity index (χ2v) is 9.03. The molecule has 1 aromatic carbocycles. The molecule has 0 bridgehead atoms. The molecule has 0 atom stereocenters. The maximum absolute atomic E-state index is 12.4. The molecule has 1 heterocycles. The van der Waals surface area contributed by atoms with Crippen LogP contribution in [0.25, 0.3) is 0 Å². The summed E-state index contributed by atoms with van der Waals surface area (Å²) in [6.07, 6.45) is 0.646. The van der Waals surface area contributed by atoms with Gasteiger partial charge in [0.1, 0.15) is 5.60 Å². The molecule has 0 aromatic heterocycles.